The first-order valence-corrected chi connectivity index (χ1v) is 10.4. The van der Waals surface area contributed by atoms with E-state index in [0.717, 1.165) is 34.9 Å². The van der Waals surface area contributed by atoms with Crippen molar-refractivity contribution >= 4 is 29.9 Å². The van der Waals surface area contributed by atoms with Crippen LogP contribution >= 0.6 is 24.0 Å². The van der Waals surface area contributed by atoms with E-state index in [1.807, 2.05) is 22.9 Å². The Hall–Kier alpha value is -2.59. The molecule has 0 saturated heterocycles. The lowest BCUT2D eigenvalue weighted by Crippen LogP contribution is -2.36. The Bertz CT molecular complexity index is 976. The Morgan fingerprint density at radius 3 is 2.56 bits per heavy atom. The van der Waals surface area contributed by atoms with E-state index in [-0.39, 0.29) is 24.0 Å². The second-order valence-corrected chi connectivity index (χ2v) is 7.18. The van der Waals surface area contributed by atoms with E-state index in [4.69, 9.17) is 9.47 Å². The quantitative estimate of drug-likeness (QED) is 0.173. The molecule has 0 aliphatic carbocycles. The van der Waals surface area contributed by atoms with Gasteiger partial charge in [0.1, 0.15) is 5.75 Å². The van der Waals surface area contributed by atoms with Gasteiger partial charge in [-0.25, -0.2) is 4.98 Å². The molecule has 2 aromatic carbocycles. The van der Waals surface area contributed by atoms with Gasteiger partial charge in [-0.15, -0.1) is 24.0 Å². The molecule has 0 aliphatic heterocycles. The fourth-order valence-electron chi connectivity index (χ4n) is 3.22. The molecular formula is C24H32IN5O2. The number of nitrogens with one attached hydrogen (secondary N) is 2. The SMILES string of the molecule is CN=C(NCc1ccc(C)cc1OCCCOC)NCc1ccccc1-n1ccnc1.I. The Morgan fingerprint density at radius 1 is 1.06 bits per heavy atom. The highest BCUT2D eigenvalue weighted by Crippen LogP contribution is 2.20. The molecule has 0 radical (unpaired) electrons. The molecule has 0 amide bonds. The van der Waals surface area contributed by atoms with Crippen LogP contribution in [-0.4, -0.2) is 42.9 Å². The number of hydrogen-bond donors (Lipinski definition) is 2. The van der Waals surface area contributed by atoms with E-state index in [2.05, 4.69) is 57.9 Å². The molecule has 8 heteroatoms. The highest BCUT2D eigenvalue weighted by atomic mass is 127. The predicted octanol–water partition coefficient (Wildman–Crippen LogP) is 4.08. The molecule has 2 N–H and O–H groups in total. The smallest absolute Gasteiger partial charge is 0.191 e. The molecule has 172 valence electrons. The number of aryl methyl sites for hydroxylation is 1. The minimum atomic E-state index is 0. The Balaban J connectivity index is 0.00000363. The number of guanidine groups is 1. The van der Waals surface area contributed by atoms with Crippen molar-refractivity contribution in [2.75, 3.05) is 27.4 Å². The zero-order valence-corrected chi connectivity index (χ0v) is 21.2. The van der Waals surface area contributed by atoms with Crippen molar-refractivity contribution in [1.29, 1.82) is 0 Å². The average molecular weight is 549 g/mol. The molecule has 32 heavy (non-hydrogen) atoms. The summed E-state index contributed by atoms with van der Waals surface area (Å²) in [6.07, 6.45) is 6.38. The monoisotopic (exact) mass is 549 g/mol. The number of imidazole rings is 1. The van der Waals surface area contributed by atoms with Gasteiger partial charge in [0.2, 0.25) is 0 Å². The number of rotatable bonds is 10. The van der Waals surface area contributed by atoms with Crippen molar-refractivity contribution in [3.63, 3.8) is 0 Å². The maximum absolute atomic E-state index is 5.98. The van der Waals surface area contributed by atoms with Crippen molar-refractivity contribution in [3.05, 3.63) is 77.9 Å². The Labute approximate surface area is 207 Å². The largest absolute Gasteiger partial charge is 0.493 e. The van der Waals surface area contributed by atoms with Crippen LogP contribution in [0, 0.1) is 6.92 Å². The van der Waals surface area contributed by atoms with Crippen molar-refractivity contribution in [2.45, 2.75) is 26.4 Å². The minimum absolute atomic E-state index is 0. The van der Waals surface area contributed by atoms with Crippen LogP contribution in [0.3, 0.4) is 0 Å². The molecule has 0 saturated carbocycles. The second-order valence-electron chi connectivity index (χ2n) is 7.18. The molecule has 0 spiro atoms. The molecule has 0 bridgehead atoms. The van der Waals surface area contributed by atoms with Gasteiger partial charge < -0.3 is 24.7 Å². The molecule has 3 aromatic rings. The van der Waals surface area contributed by atoms with E-state index in [1.165, 1.54) is 5.56 Å². The maximum atomic E-state index is 5.98. The lowest BCUT2D eigenvalue weighted by molar-refractivity contribution is 0.171. The molecule has 0 fully saturated rings. The van der Waals surface area contributed by atoms with E-state index in [1.54, 1.807) is 26.7 Å². The lowest BCUT2D eigenvalue weighted by atomic mass is 10.1. The molecule has 0 unspecified atom stereocenters. The number of aromatic nitrogens is 2. The Morgan fingerprint density at radius 2 is 1.84 bits per heavy atom. The summed E-state index contributed by atoms with van der Waals surface area (Å²) in [5.74, 6) is 1.62. The molecule has 0 aliphatic rings. The summed E-state index contributed by atoms with van der Waals surface area (Å²) in [6.45, 7) is 4.64. The first-order chi connectivity index (χ1) is 15.2. The van der Waals surface area contributed by atoms with Crippen LogP contribution in [0.4, 0.5) is 0 Å². The molecule has 7 nitrogen and oxygen atoms in total. The van der Waals surface area contributed by atoms with Crippen LogP contribution in [-0.2, 0) is 17.8 Å². The number of ether oxygens (including phenoxy) is 2. The zero-order chi connectivity index (χ0) is 21.9. The van der Waals surface area contributed by atoms with Gasteiger partial charge in [-0.3, -0.25) is 4.99 Å². The summed E-state index contributed by atoms with van der Waals surface area (Å²) < 4.78 is 13.1. The normalized spacial score (nSPS) is 11.0. The van der Waals surface area contributed by atoms with Crippen LogP contribution in [0.25, 0.3) is 5.69 Å². The lowest BCUT2D eigenvalue weighted by Gasteiger charge is -2.16. The minimum Gasteiger partial charge on any atom is -0.493 e. The Kier molecular flexibility index (Phi) is 11.0. The third-order valence-electron chi connectivity index (χ3n) is 4.86. The van der Waals surface area contributed by atoms with Crippen molar-refractivity contribution in [1.82, 2.24) is 20.2 Å². The van der Waals surface area contributed by atoms with Gasteiger partial charge in [-0.2, -0.15) is 0 Å². The third kappa shape index (κ3) is 7.52. The first kappa shape index (κ1) is 25.7. The number of hydrogen-bond acceptors (Lipinski definition) is 4. The van der Waals surface area contributed by atoms with Crippen LogP contribution in [0.1, 0.15) is 23.1 Å². The van der Waals surface area contributed by atoms with Gasteiger partial charge in [0.25, 0.3) is 0 Å². The topological polar surface area (TPSA) is 72.7 Å². The van der Waals surface area contributed by atoms with Gasteiger partial charge >= 0.3 is 0 Å². The summed E-state index contributed by atoms with van der Waals surface area (Å²) in [5.41, 5.74) is 4.50. The standard InChI is InChI=1S/C24H31N5O2.HI/c1-19-9-10-21(23(15-19)31-14-6-13-30-3)17-28-24(25-2)27-16-20-7-4-5-8-22(20)29-12-11-26-18-29;/h4-5,7-12,15,18H,6,13-14,16-17H2,1-3H3,(H2,25,27,28);1H. The van der Waals surface area contributed by atoms with Crippen LogP contribution in [0.2, 0.25) is 0 Å². The number of aliphatic imine (C=N–C) groups is 1. The van der Waals surface area contributed by atoms with E-state index < -0.39 is 0 Å². The number of nitrogens with zero attached hydrogens (tertiary/aromatic N) is 3. The highest BCUT2D eigenvalue weighted by molar-refractivity contribution is 14.0. The summed E-state index contributed by atoms with van der Waals surface area (Å²) >= 11 is 0. The van der Waals surface area contributed by atoms with Crippen LogP contribution in [0.15, 0.2) is 66.2 Å². The molecule has 0 atom stereocenters. The summed E-state index contributed by atoms with van der Waals surface area (Å²) in [6, 6.07) is 14.5. The van der Waals surface area contributed by atoms with Gasteiger partial charge in [0.05, 0.1) is 18.6 Å². The van der Waals surface area contributed by atoms with E-state index in [0.29, 0.717) is 26.3 Å². The zero-order valence-electron chi connectivity index (χ0n) is 18.9. The van der Waals surface area contributed by atoms with Crippen LogP contribution in [0.5, 0.6) is 5.75 Å². The van der Waals surface area contributed by atoms with Crippen molar-refractivity contribution in [3.8, 4) is 11.4 Å². The van der Waals surface area contributed by atoms with E-state index >= 15 is 0 Å². The second kappa shape index (κ2) is 13.7. The molecule has 3 rings (SSSR count). The number of benzene rings is 2. The summed E-state index contributed by atoms with van der Waals surface area (Å²) in [5, 5.41) is 6.78. The van der Waals surface area contributed by atoms with Crippen molar-refractivity contribution < 1.29 is 9.47 Å². The van der Waals surface area contributed by atoms with E-state index in [9.17, 15) is 0 Å². The number of para-hydroxylation sites is 1. The van der Waals surface area contributed by atoms with Crippen molar-refractivity contribution in [2.24, 2.45) is 4.99 Å². The van der Waals surface area contributed by atoms with Gasteiger partial charge in [-0.05, 0) is 30.2 Å². The molecular weight excluding hydrogens is 517 g/mol. The third-order valence-corrected chi connectivity index (χ3v) is 4.86. The molecule has 1 aromatic heterocycles. The highest BCUT2D eigenvalue weighted by Gasteiger charge is 2.08. The number of methoxy groups -OCH3 is 1. The first-order valence-electron chi connectivity index (χ1n) is 10.4. The predicted molar refractivity (Wildman–Crippen MR) is 139 cm³/mol. The van der Waals surface area contributed by atoms with Gasteiger partial charge in [0.15, 0.2) is 5.96 Å². The number of halogens is 1. The van der Waals surface area contributed by atoms with Crippen LogP contribution < -0.4 is 15.4 Å². The summed E-state index contributed by atoms with van der Waals surface area (Å²) in [7, 11) is 3.48. The fraction of sp³-hybridized carbons (Fsp3) is 0.333. The van der Waals surface area contributed by atoms with Gasteiger partial charge in [-0.1, -0.05) is 30.3 Å². The van der Waals surface area contributed by atoms with Gasteiger partial charge in [0, 0.05) is 58.2 Å². The maximum Gasteiger partial charge on any atom is 0.191 e. The summed E-state index contributed by atoms with van der Waals surface area (Å²) in [4.78, 5) is 8.51. The molecule has 1 heterocycles. The fourth-order valence-corrected chi connectivity index (χ4v) is 3.22. The average Bonchev–Trinajstić information content (AvgIpc) is 3.33.